The molecule has 732 valence electrons. The zero-order chi connectivity index (χ0) is 97.9. The number of ether oxygens (including phenoxy) is 5. The third-order valence-electron chi connectivity index (χ3n) is 23.0. The standard InChI is InChI=1S/C25H27ClFN7O2.C25H23ClFN7O2.C25H24FN7O2.C25H28FN7OS/c1-16-22(4-7-36-16)17-10-18(26)12-21(11-17)31-20-3-2-19(28-13-20)14-30-33-25-29-15-23(27)24(32-25)34-5-8-35-9-6-34;1-16-4-7-36-23(16)17-10-18(26)12-21(11-17)31-20-3-2-19(28-13-20)14-30-33-25-29-15-22(27)24(32-25)34-5-8-35-9-6-34;1-17-11-18(23-3-2-8-35-23)13-21(12-17)30-20-5-4-19(27-14-20)15-29-32-25-28-16-22(26)24(31-25)33-6-9-34-10-7-33;1-17-10-19(18-4-9-35-16-18)12-22(11-17)30-21-3-2-20(27-13-21)14-29-32-25-28-15-23(26)24(31-25)33-5-7-34-8-6-33/h2-3,10-16,22,31H,4-9H2,1H3,(H,29,32,33);2-4,7,10-15,31H,5-6,8-9H2,1H3,(H,29,32,33);2-5,8,11-16,30H,6-7,9-10H2,1H3,(H,28,31,32);2-3,10-15,18,30H,4-9,16H2,1H3,(H,28,31,32)/b2*30-14+;29-15+;29-14+. The molecule has 0 saturated carbocycles. The average Bonchev–Trinajstić information content (AvgIpc) is 1.64. The van der Waals surface area contributed by atoms with E-state index in [0.717, 1.165) is 123 Å². The predicted molar refractivity (Wildman–Crippen MR) is 548 cm³/mol. The second-order valence-electron chi connectivity index (χ2n) is 33.4. The zero-order valence-corrected chi connectivity index (χ0v) is 80.2. The van der Waals surface area contributed by atoms with Gasteiger partial charge in [-0.25, -0.2) is 59.2 Å². The summed E-state index contributed by atoms with van der Waals surface area (Å²) in [6.07, 6.45) is 23.4. The van der Waals surface area contributed by atoms with E-state index in [1.165, 1.54) is 35.3 Å². The fraction of sp³-hybridized carbons (Fsp3) is 0.280. The average molecular weight is 1990 g/mol. The molecule has 4 aromatic carbocycles. The number of rotatable bonds is 28. The minimum Gasteiger partial charge on any atom is -0.464 e. The lowest BCUT2D eigenvalue weighted by Gasteiger charge is -2.27. The molecule has 42 heteroatoms. The van der Waals surface area contributed by atoms with Crippen molar-refractivity contribution in [1.82, 2.24) is 59.8 Å². The zero-order valence-electron chi connectivity index (χ0n) is 77.9. The molecule has 0 aliphatic carbocycles. The van der Waals surface area contributed by atoms with Gasteiger partial charge < -0.3 is 73.4 Å². The number of aryl methyl sites for hydroxylation is 3. The van der Waals surface area contributed by atoms with Crippen molar-refractivity contribution in [1.29, 1.82) is 0 Å². The molecule has 10 aromatic heterocycles. The molecule has 6 fully saturated rings. The molecule has 0 bridgehead atoms. The Hall–Kier alpha value is -14.9. The number of aromatic nitrogens is 12. The Morgan fingerprint density at radius 3 is 1.13 bits per heavy atom. The summed E-state index contributed by atoms with van der Waals surface area (Å²) in [7, 11) is 0. The molecule has 20 rings (SSSR count). The summed E-state index contributed by atoms with van der Waals surface area (Å²) < 4.78 is 94.7. The van der Waals surface area contributed by atoms with Crippen molar-refractivity contribution in [3.05, 3.63) is 286 Å². The SMILES string of the molecule is CC1OCCC1c1cc(Cl)cc(Nc2ccc(/C=N/Nc3ncc(F)c(N4CCOCC4)n3)nc2)c1.Cc1cc(Nc2ccc(/C=N/Nc3ncc(F)c(N4CCOCC4)n3)nc2)cc(-c2ccco2)c1.Cc1cc(Nc2ccc(/C=N/Nc3ncc(F)c(N4CCOCC4)n3)nc2)cc(C2CCSC2)c1.Cc1ccoc1-c1cc(Cl)cc(Nc2ccc(/C=N/Nc3ncc(F)c(N4CCOCC4)n3)nc2)c1. The minimum absolute atomic E-state index is 0.177. The summed E-state index contributed by atoms with van der Waals surface area (Å²) in [6.45, 7) is 17.9. The van der Waals surface area contributed by atoms with E-state index >= 15 is 0 Å². The van der Waals surface area contributed by atoms with E-state index in [-0.39, 0.29) is 53.2 Å². The molecule has 8 N–H and O–H groups in total. The maximum absolute atomic E-state index is 14.2. The number of morpholine rings is 4. The summed E-state index contributed by atoms with van der Waals surface area (Å²) in [6, 6.07) is 45.2. The van der Waals surface area contributed by atoms with Gasteiger partial charge in [-0.1, -0.05) is 29.3 Å². The van der Waals surface area contributed by atoms with Crippen LogP contribution in [0.25, 0.3) is 22.6 Å². The van der Waals surface area contributed by atoms with Gasteiger partial charge in [0.15, 0.2) is 46.5 Å². The number of pyridine rings is 4. The number of thioether (sulfide) groups is 1. The molecular weight excluding hydrogens is 1880 g/mol. The van der Waals surface area contributed by atoms with Crippen LogP contribution in [0.3, 0.4) is 0 Å². The van der Waals surface area contributed by atoms with Gasteiger partial charge in [0.05, 0.1) is 191 Å². The highest BCUT2D eigenvalue weighted by atomic mass is 35.5. The highest BCUT2D eigenvalue weighted by Gasteiger charge is 2.28. The Morgan fingerprint density at radius 2 is 0.768 bits per heavy atom. The van der Waals surface area contributed by atoms with Crippen LogP contribution in [0.15, 0.2) is 231 Å². The van der Waals surface area contributed by atoms with E-state index in [2.05, 4.69) is 173 Å². The third kappa shape index (κ3) is 27.8. The van der Waals surface area contributed by atoms with Gasteiger partial charge in [-0.05, 0) is 213 Å². The predicted octanol–water partition coefficient (Wildman–Crippen LogP) is 19.0. The largest absolute Gasteiger partial charge is 0.464 e. The molecule has 6 saturated heterocycles. The van der Waals surface area contributed by atoms with Crippen LogP contribution in [-0.4, -0.2) is 214 Å². The van der Waals surface area contributed by atoms with E-state index in [1.54, 1.807) is 62.0 Å². The molecule has 3 atom stereocenters. The van der Waals surface area contributed by atoms with Gasteiger partial charge in [0.1, 0.15) is 11.5 Å². The van der Waals surface area contributed by atoms with Gasteiger partial charge in [0.2, 0.25) is 23.8 Å². The van der Waals surface area contributed by atoms with Gasteiger partial charge in [-0.15, -0.1) is 0 Å². The number of furan rings is 2. The molecule has 142 heavy (non-hydrogen) atoms. The lowest BCUT2D eigenvalue weighted by Crippen LogP contribution is -2.37. The molecule has 0 amide bonds. The van der Waals surface area contributed by atoms with Gasteiger partial charge >= 0.3 is 0 Å². The molecule has 3 unspecified atom stereocenters. The van der Waals surface area contributed by atoms with Crippen LogP contribution < -0.4 is 62.6 Å². The Morgan fingerprint density at radius 1 is 0.380 bits per heavy atom. The normalized spacial score (nSPS) is 16.5. The lowest BCUT2D eigenvalue weighted by atomic mass is 9.93. The number of benzene rings is 4. The van der Waals surface area contributed by atoms with Crippen molar-refractivity contribution in [2.75, 3.05) is 186 Å². The van der Waals surface area contributed by atoms with Crippen LogP contribution in [0, 0.1) is 44.0 Å². The second kappa shape index (κ2) is 48.8. The van der Waals surface area contributed by atoms with Crippen LogP contribution in [-0.2, 0) is 23.7 Å². The Bertz CT molecular complexity index is 6660. The van der Waals surface area contributed by atoms with Crippen molar-refractivity contribution < 1.29 is 50.1 Å². The Labute approximate surface area is 830 Å². The highest BCUT2D eigenvalue weighted by molar-refractivity contribution is 7.99. The lowest BCUT2D eigenvalue weighted by molar-refractivity contribution is 0.118. The summed E-state index contributed by atoms with van der Waals surface area (Å²) in [5, 5.41) is 31.3. The van der Waals surface area contributed by atoms with Gasteiger partial charge in [-0.3, -0.25) is 19.9 Å². The van der Waals surface area contributed by atoms with Crippen LogP contribution in [0.1, 0.15) is 82.2 Å². The summed E-state index contributed by atoms with van der Waals surface area (Å²) in [5.74, 6) is 4.87. The first-order chi connectivity index (χ1) is 69.4. The van der Waals surface area contributed by atoms with Crippen molar-refractivity contribution in [3.63, 3.8) is 0 Å². The van der Waals surface area contributed by atoms with Crippen molar-refractivity contribution in [2.45, 2.75) is 58.5 Å². The number of hydrogen-bond donors (Lipinski definition) is 8. The first-order valence-corrected chi connectivity index (χ1v) is 47.9. The van der Waals surface area contributed by atoms with E-state index in [9.17, 15) is 17.6 Å². The van der Waals surface area contributed by atoms with Crippen molar-refractivity contribution in [3.8, 4) is 22.6 Å². The molecule has 0 spiro atoms. The third-order valence-corrected chi connectivity index (χ3v) is 24.6. The number of anilines is 16. The minimum atomic E-state index is -0.484. The number of hydrazone groups is 4. The summed E-state index contributed by atoms with van der Waals surface area (Å²) in [5.41, 5.74) is 28.4. The number of nitrogens with zero attached hydrogens (tertiary/aromatic N) is 20. The smallest absolute Gasteiger partial charge is 0.245 e. The van der Waals surface area contributed by atoms with Gasteiger partial charge in [-0.2, -0.15) is 52.1 Å². The van der Waals surface area contributed by atoms with Crippen LogP contribution in [0.2, 0.25) is 10.0 Å². The van der Waals surface area contributed by atoms with Gasteiger partial charge in [0, 0.05) is 115 Å². The Kier molecular flexibility index (Phi) is 33.9. The Balaban J connectivity index is 0.000000130. The molecule has 14 aromatic rings. The van der Waals surface area contributed by atoms with E-state index in [1.807, 2.05) is 142 Å². The first-order valence-electron chi connectivity index (χ1n) is 46.0. The number of nitrogens with one attached hydrogen (secondary N) is 8. The monoisotopic (exact) mass is 1980 g/mol. The quantitative estimate of drug-likeness (QED) is 0.0128. The first kappa shape index (κ1) is 98.7. The van der Waals surface area contributed by atoms with E-state index < -0.39 is 23.3 Å². The topological polar surface area (TPSA) is 386 Å². The second-order valence-corrected chi connectivity index (χ2v) is 35.4. The van der Waals surface area contributed by atoms with E-state index in [0.29, 0.717) is 150 Å². The van der Waals surface area contributed by atoms with Crippen LogP contribution in [0.5, 0.6) is 0 Å². The molecule has 0 radical (unpaired) electrons. The molecule has 35 nitrogen and oxygen atoms in total. The molecule has 6 aliphatic heterocycles. The highest BCUT2D eigenvalue weighted by Crippen LogP contribution is 2.39. The van der Waals surface area contributed by atoms with Crippen molar-refractivity contribution >= 4 is 152 Å². The van der Waals surface area contributed by atoms with E-state index in [4.69, 9.17) is 55.7 Å². The number of halogens is 6. The number of hydrogen-bond acceptors (Lipinski definition) is 36. The van der Waals surface area contributed by atoms with Gasteiger partial charge in [0.25, 0.3) is 0 Å². The summed E-state index contributed by atoms with van der Waals surface area (Å²) >= 11 is 14.7. The molecule has 6 aliphatic rings. The fourth-order valence-electron chi connectivity index (χ4n) is 16.0. The summed E-state index contributed by atoms with van der Waals surface area (Å²) in [4.78, 5) is 57.8. The van der Waals surface area contributed by atoms with Crippen LogP contribution >= 0.6 is 35.0 Å². The van der Waals surface area contributed by atoms with Crippen LogP contribution in [0.4, 0.5) is 110 Å². The maximum Gasteiger partial charge on any atom is 0.245 e. The molecule has 16 heterocycles. The fourth-order valence-corrected chi connectivity index (χ4v) is 17.8. The molecular formula is C100H102Cl2F4N28O7S. The van der Waals surface area contributed by atoms with Crippen molar-refractivity contribution in [2.24, 2.45) is 20.4 Å². The maximum atomic E-state index is 14.2.